The summed E-state index contributed by atoms with van der Waals surface area (Å²) in [6.45, 7) is 0.272. The third-order valence-electron chi connectivity index (χ3n) is 2.56. The van der Waals surface area contributed by atoms with Gasteiger partial charge in [-0.25, -0.2) is 9.79 Å². The lowest BCUT2D eigenvalue weighted by atomic mass is 10.1. The molecule has 0 aliphatic rings. The van der Waals surface area contributed by atoms with E-state index in [9.17, 15) is 19.8 Å². The molecular weight excluding hydrogens is 312 g/mol. The Kier molecular flexibility index (Phi) is 5.95. The number of aromatic carboxylic acids is 1. The summed E-state index contributed by atoms with van der Waals surface area (Å²) in [7, 11) is 0. The molecule has 0 radical (unpaired) electrons. The van der Waals surface area contributed by atoms with Gasteiger partial charge in [-0.05, 0) is 0 Å². The van der Waals surface area contributed by atoms with Gasteiger partial charge in [-0.1, -0.05) is 0 Å². The second-order valence-electron chi connectivity index (χ2n) is 4.41. The Bertz CT molecular complexity index is 697. The molecule has 126 valence electrons. The molecule has 8 N–H and O–H groups in total. The van der Waals surface area contributed by atoms with Gasteiger partial charge in [0, 0.05) is 13.0 Å². The lowest BCUT2D eigenvalue weighted by molar-refractivity contribution is -0.114. The van der Waals surface area contributed by atoms with Gasteiger partial charge in [0.15, 0.2) is 5.76 Å². The zero-order chi connectivity index (χ0) is 17.7. The third-order valence-corrected chi connectivity index (χ3v) is 2.56. The number of carboxylic acids is 1. The summed E-state index contributed by atoms with van der Waals surface area (Å²) >= 11 is 0. The van der Waals surface area contributed by atoms with Crippen LogP contribution in [0.25, 0.3) is 0 Å². The fourth-order valence-electron chi connectivity index (χ4n) is 1.63. The molecule has 0 unspecified atom stereocenters. The molecular formula is C12H16N4O7. The number of nitrogens with two attached hydrogens (primary N) is 1. The van der Waals surface area contributed by atoms with Crippen LogP contribution in [0.2, 0.25) is 0 Å². The fraction of sp³-hybridized carbons (Fsp3) is 0.333. The third kappa shape index (κ3) is 4.60. The lowest BCUT2D eigenvalue weighted by Gasteiger charge is -2.18. The summed E-state index contributed by atoms with van der Waals surface area (Å²) in [6, 6.07) is 0.885. The average Bonchev–Trinajstić information content (AvgIpc) is 2.45. The minimum Gasteiger partial charge on any atom is -0.475 e. The molecule has 0 fully saturated rings. The van der Waals surface area contributed by atoms with Gasteiger partial charge in [0.1, 0.15) is 17.9 Å². The standard InChI is InChI=1S/C12H16N4O7/c1-4(18)15-8-5(16-12(13)14)2-7(11(21)22)23-10(8)9(20)6(19)3-17/h2,6,9,17,19-20H,3H2,1H3,(H3,13,14)(H,15,18)(H,21,22)/t6-,9-/m1/s1. The Morgan fingerprint density at radius 2 is 2.09 bits per heavy atom. The average molecular weight is 328 g/mol. The van der Waals surface area contributed by atoms with Gasteiger partial charge in [0.05, 0.1) is 12.0 Å². The summed E-state index contributed by atoms with van der Waals surface area (Å²) in [6.07, 6.45) is -3.57. The highest BCUT2D eigenvalue weighted by atomic mass is 16.4. The first-order valence-electron chi connectivity index (χ1n) is 6.22. The van der Waals surface area contributed by atoms with Crippen LogP contribution < -0.4 is 16.4 Å². The first-order chi connectivity index (χ1) is 10.7. The maximum absolute atomic E-state index is 11.3. The topological polar surface area (TPSA) is 202 Å². The van der Waals surface area contributed by atoms with E-state index in [1.165, 1.54) is 0 Å². The van der Waals surface area contributed by atoms with Gasteiger partial charge in [0.25, 0.3) is 0 Å². The summed E-state index contributed by atoms with van der Waals surface area (Å²) < 4.78 is 4.97. The predicted molar refractivity (Wildman–Crippen MR) is 75.5 cm³/mol. The zero-order valence-electron chi connectivity index (χ0n) is 12.0. The Hall–Kier alpha value is -2.76. The first-order valence-corrected chi connectivity index (χ1v) is 6.22. The Labute approximate surface area is 129 Å². The number of rotatable bonds is 5. The van der Waals surface area contributed by atoms with Crippen LogP contribution in [0.3, 0.4) is 0 Å². The summed E-state index contributed by atoms with van der Waals surface area (Å²) in [5, 5.41) is 46.5. The van der Waals surface area contributed by atoms with E-state index in [0.717, 1.165) is 13.0 Å². The van der Waals surface area contributed by atoms with Crippen LogP contribution in [0.1, 0.15) is 29.3 Å². The molecule has 0 bridgehead atoms. The molecule has 1 rings (SSSR count). The van der Waals surface area contributed by atoms with Crippen molar-refractivity contribution >= 4 is 23.5 Å². The van der Waals surface area contributed by atoms with Gasteiger partial charge in [-0.2, -0.15) is 0 Å². The molecule has 11 heteroatoms. The van der Waals surface area contributed by atoms with Crippen LogP contribution in [0.4, 0.5) is 5.69 Å². The molecule has 0 aromatic carbocycles. The first kappa shape index (κ1) is 18.3. The van der Waals surface area contributed by atoms with Crippen LogP contribution in [-0.2, 0) is 4.79 Å². The molecule has 0 saturated heterocycles. The number of nitrogens with zero attached hydrogens (tertiary/aromatic N) is 1. The molecule has 11 nitrogen and oxygen atoms in total. The number of carbonyl (C=O) groups is 2. The van der Waals surface area contributed by atoms with Gasteiger partial charge < -0.3 is 35.9 Å². The van der Waals surface area contributed by atoms with Crippen molar-refractivity contribution in [3.8, 4) is 0 Å². The number of hydrogen-bond acceptors (Lipinski definition) is 7. The SMILES string of the molecule is CC(=O)Nc1c([C@H](O)[C@H](O)CO)oc(C(=O)O)cc1=NC(=N)N. The van der Waals surface area contributed by atoms with Crippen LogP contribution >= 0.6 is 0 Å². The van der Waals surface area contributed by atoms with E-state index in [1.54, 1.807) is 0 Å². The molecule has 1 amide bonds. The molecule has 1 heterocycles. The molecule has 0 saturated carbocycles. The van der Waals surface area contributed by atoms with Crippen molar-refractivity contribution in [2.24, 2.45) is 10.7 Å². The quantitative estimate of drug-likeness (QED) is 0.240. The minimum atomic E-state index is -1.86. The number of hydrogen-bond donors (Lipinski definition) is 7. The summed E-state index contributed by atoms with van der Waals surface area (Å²) in [5.74, 6) is -4.07. The number of aliphatic hydroxyl groups excluding tert-OH is 3. The predicted octanol–water partition coefficient (Wildman–Crippen LogP) is -1.88. The maximum Gasteiger partial charge on any atom is 0.371 e. The zero-order valence-corrected chi connectivity index (χ0v) is 12.0. The van der Waals surface area contributed by atoms with Crippen molar-refractivity contribution in [1.82, 2.24) is 0 Å². The monoisotopic (exact) mass is 328 g/mol. The second-order valence-corrected chi connectivity index (χ2v) is 4.41. The number of guanidine groups is 1. The summed E-state index contributed by atoms with van der Waals surface area (Å²) in [4.78, 5) is 25.9. The molecule has 0 spiro atoms. The van der Waals surface area contributed by atoms with Gasteiger partial charge in [-0.3, -0.25) is 10.2 Å². The molecule has 2 atom stereocenters. The number of carboxylic acid groups (broad SMARTS) is 1. The lowest BCUT2D eigenvalue weighted by Crippen LogP contribution is -2.28. The number of aliphatic hydroxyl groups is 3. The van der Waals surface area contributed by atoms with Crippen molar-refractivity contribution in [3.05, 3.63) is 22.9 Å². The van der Waals surface area contributed by atoms with E-state index >= 15 is 0 Å². The molecule has 0 aliphatic heterocycles. The van der Waals surface area contributed by atoms with Gasteiger partial charge in [-0.15, -0.1) is 0 Å². The number of anilines is 1. The van der Waals surface area contributed by atoms with Crippen molar-refractivity contribution in [2.45, 2.75) is 19.1 Å². The normalized spacial score (nSPS) is 14.2. The molecule has 0 aliphatic carbocycles. The second kappa shape index (κ2) is 7.49. The van der Waals surface area contributed by atoms with Crippen LogP contribution in [-0.4, -0.2) is 51.0 Å². The Morgan fingerprint density at radius 3 is 2.52 bits per heavy atom. The van der Waals surface area contributed by atoms with Crippen molar-refractivity contribution in [2.75, 3.05) is 11.9 Å². The van der Waals surface area contributed by atoms with E-state index in [1.807, 2.05) is 0 Å². The van der Waals surface area contributed by atoms with Crippen LogP contribution in [0.5, 0.6) is 0 Å². The maximum atomic E-state index is 11.3. The van der Waals surface area contributed by atoms with Crippen LogP contribution in [0.15, 0.2) is 15.5 Å². The van der Waals surface area contributed by atoms with E-state index in [-0.39, 0.29) is 11.0 Å². The van der Waals surface area contributed by atoms with E-state index in [4.69, 9.17) is 25.8 Å². The van der Waals surface area contributed by atoms with E-state index in [2.05, 4.69) is 10.3 Å². The molecule has 1 aromatic rings. The fourth-order valence-corrected chi connectivity index (χ4v) is 1.63. The summed E-state index contributed by atoms with van der Waals surface area (Å²) in [5.41, 5.74) is 4.86. The molecule has 23 heavy (non-hydrogen) atoms. The van der Waals surface area contributed by atoms with Crippen molar-refractivity contribution in [3.63, 3.8) is 0 Å². The highest BCUT2D eigenvalue weighted by Crippen LogP contribution is 2.24. The highest BCUT2D eigenvalue weighted by molar-refractivity contribution is 5.90. The Balaban J connectivity index is 3.74. The highest BCUT2D eigenvalue weighted by Gasteiger charge is 2.27. The number of carbonyl (C=O) groups excluding carboxylic acids is 1. The smallest absolute Gasteiger partial charge is 0.371 e. The van der Waals surface area contributed by atoms with E-state index < -0.39 is 48.2 Å². The number of amides is 1. The van der Waals surface area contributed by atoms with Gasteiger partial charge in [0.2, 0.25) is 17.6 Å². The van der Waals surface area contributed by atoms with Crippen LogP contribution in [0, 0.1) is 5.41 Å². The van der Waals surface area contributed by atoms with E-state index in [0.29, 0.717) is 0 Å². The number of nitrogens with one attached hydrogen (secondary N) is 2. The van der Waals surface area contributed by atoms with Crippen molar-refractivity contribution in [1.29, 1.82) is 5.41 Å². The Morgan fingerprint density at radius 1 is 1.48 bits per heavy atom. The minimum absolute atomic E-state index is 0.268. The molecule has 1 aromatic heterocycles. The van der Waals surface area contributed by atoms with Crippen molar-refractivity contribution < 1.29 is 34.4 Å². The largest absolute Gasteiger partial charge is 0.475 e. The van der Waals surface area contributed by atoms with Gasteiger partial charge >= 0.3 is 5.97 Å².